The zero-order valence-corrected chi connectivity index (χ0v) is 17.0. The minimum atomic E-state index is -0.473. The molecule has 2 aliphatic carbocycles. The third-order valence-corrected chi connectivity index (χ3v) is 8.30. The number of benzene rings is 1. The van der Waals surface area contributed by atoms with Gasteiger partial charge >= 0.3 is 0 Å². The van der Waals surface area contributed by atoms with Gasteiger partial charge in [0.25, 0.3) is 0 Å². The van der Waals surface area contributed by atoms with Gasteiger partial charge in [-0.25, -0.2) is 0 Å². The van der Waals surface area contributed by atoms with Crippen LogP contribution in [0.25, 0.3) is 0 Å². The Kier molecular flexibility index (Phi) is 4.14. The average Bonchev–Trinajstić information content (AvgIpc) is 2.98. The van der Waals surface area contributed by atoms with Crippen molar-refractivity contribution in [2.75, 3.05) is 0 Å². The number of hydrogen-bond donors (Lipinski definition) is 0. The number of fused-ring (bicyclic) bond motifs is 2. The van der Waals surface area contributed by atoms with Gasteiger partial charge in [0.15, 0.2) is 0 Å². The van der Waals surface area contributed by atoms with E-state index in [2.05, 4.69) is 64.1 Å². The molecule has 1 saturated heterocycles. The molecule has 4 rings (SSSR count). The van der Waals surface area contributed by atoms with Crippen molar-refractivity contribution in [3.05, 3.63) is 48.0 Å². The van der Waals surface area contributed by atoms with Gasteiger partial charge in [-0.1, -0.05) is 70.2 Å². The summed E-state index contributed by atoms with van der Waals surface area (Å²) >= 11 is 0. The molecule has 1 heterocycles. The number of hydrogen-bond acceptors (Lipinski definition) is 2. The molecule has 3 heteroatoms. The Morgan fingerprint density at radius 3 is 2.52 bits per heavy atom. The molecule has 5 atom stereocenters. The van der Waals surface area contributed by atoms with E-state index in [-0.39, 0.29) is 29.2 Å². The van der Waals surface area contributed by atoms with E-state index >= 15 is 0 Å². The van der Waals surface area contributed by atoms with E-state index in [1.54, 1.807) is 4.90 Å². The highest BCUT2D eigenvalue weighted by Gasteiger charge is 2.69. The first kappa shape index (κ1) is 18.5. The summed E-state index contributed by atoms with van der Waals surface area (Å²) in [6.45, 7) is 8.49. The van der Waals surface area contributed by atoms with E-state index in [1.165, 1.54) is 5.56 Å². The minimum absolute atomic E-state index is 0.0117. The van der Waals surface area contributed by atoms with Crippen molar-refractivity contribution >= 4 is 11.8 Å². The molecule has 0 aromatic heterocycles. The lowest BCUT2D eigenvalue weighted by molar-refractivity contribution is -0.157. The summed E-state index contributed by atoms with van der Waals surface area (Å²) in [7, 11) is 0. The van der Waals surface area contributed by atoms with Crippen molar-refractivity contribution in [1.82, 2.24) is 4.90 Å². The zero-order chi connectivity index (χ0) is 19.4. The van der Waals surface area contributed by atoms with Crippen LogP contribution in [0.1, 0.15) is 58.9 Å². The Labute approximate surface area is 162 Å². The molecule has 1 aromatic carbocycles. The fourth-order valence-electron chi connectivity index (χ4n) is 5.84. The second kappa shape index (κ2) is 6.05. The molecular weight excluding hydrogens is 334 g/mol. The van der Waals surface area contributed by atoms with E-state index in [0.717, 1.165) is 32.1 Å². The largest absolute Gasteiger partial charge is 0.278 e. The molecular formula is C24H31NO2. The highest BCUT2D eigenvalue weighted by molar-refractivity contribution is 6.04. The van der Waals surface area contributed by atoms with Crippen LogP contribution in [-0.4, -0.2) is 22.8 Å². The molecule has 1 aromatic rings. The maximum atomic E-state index is 13.7. The van der Waals surface area contributed by atoms with Crippen molar-refractivity contribution in [2.24, 2.45) is 22.2 Å². The summed E-state index contributed by atoms with van der Waals surface area (Å²) in [4.78, 5) is 28.9. The number of carbonyl (C=O) groups is 2. The Hall–Kier alpha value is -1.90. The van der Waals surface area contributed by atoms with Crippen LogP contribution < -0.4 is 0 Å². The van der Waals surface area contributed by atoms with Crippen molar-refractivity contribution < 1.29 is 9.59 Å². The van der Waals surface area contributed by atoms with Crippen molar-refractivity contribution in [3.63, 3.8) is 0 Å². The first-order valence-corrected chi connectivity index (χ1v) is 10.3. The number of amides is 2. The molecule has 144 valence electrons. The van der Waals surface area contributed by atoms with Crippen LogP contribution in [0.3, 0.4) is 0 Å². The standard InChI is InChI=1S/C24H31NO2/c1-17-10-8-9-14-22(17,2)20(26)25-19-13-15-23(3,21(25)27)24(19,4)16-18-11-6-5-7-12-18/h5-8,10-12,17,19H,9,13-16H2,1-4H3/t17-,19-,22-,23-,24-/m0/s1. The first-order valence-electron chi connectivity index (χ1n) is 10.3. The number of carbonyl (C=O) groups excluding carboxylic acids is 2. The topological polar surface area (TPSA) is 37.4 Å². The Morgan fingerprint density at radius 2 is 1.85 bits per heavy atom. The second-order valence-corrected chi connectivity index (χ2v) is 9.62. The van der Waals surface area contributed by atoms with Gasteiger partial charge in [-0.3, -0.25) is 14.5 Å². The van der Waals surface area contributed by atoms with Crippen molar-refractivity contribution in [3.8, 4) is 0 Å². The van der Waals surface area contributed by atoms with E-state index in [9.17, 15) is 9.59 Å². The van der Waals surface area contributed by atoms with Crippen LogP contribution in [-0.2, 0) is 16.0 Å². The molecule has 0 spiro atoms. The van der Waals surface area contributed by atoms with Crippen molar-refractivity contribution in [1.29, 1.82) is 0 Å². The van der Waals surface area contributed by atoms with Crippen LogP contribution in [0, 0.1) is 22.2 Å². The number of rotatable bonds is 3. The fourth-order valence-corrected chi connectivity index (χ4v) is 5.84. The summed E-state index contributed by atoms with van der Waals surface area (Å²) in [5.74, 6) is 0.279. The van der Waals surface area contributed by atoms with Crippen LogP contribution in [0.15, 0.2) is 42.5 Å². The monoisotopic (exact) mass is 365 g/mol. The Bertz CT molecular complexity index is 800. The molecule has 2 fully saturated rings. The fraction of sp³-hybridized carbons (Fsp3) is 0.583. The highest BCUT2D eigenvalue weighted by atomic mass is 16.2. The summed E-state index contributed by atoms with van der Waals surface area (Å²) in [6, 6.07) is 10.4. The van der Waals surface area contributed by atoms with Crippen LogP contribution >= 0.6 is 0 Å². The van der Waals surface area contributed by atoms with Gasteiger partial charge in [0.1, 0.15) is 0 Å². The van der Waals surface area contributed by atoms with Crippen LogP contribution in [0.4, 0.5) is 0 Å². The molecule has 3 nitrogen and oxygen atoms in total. The maximum absolute atomic E-state index is 13.7. The molecule has 2 amide bonds. The molecule has 0 unspecified atom stereocenters. The molecule has 0 radical (unpaired) electrons. The highest BCUT2D eigenvalue weighted by Crippen LogP contribution is 2.63. The number of allylic oxidation sites excluding steroid dienone is 2. The first-order chi connectivity index (χ1) is 12.7. The summed E-state index contributed by atoms with van der Waals surface area (Å²) in [6.07, 6.45) is 8.71. The third-order valence-electron chi connectivity index (χ3n) is 8.30. The van der Waals surface area contributed by atoms with Gasteiger partial charge < -0.3 is 0 Å². The lowest BCUT2D eigenvalue weighted by atomic mass is 9.66. The number of imide groups is 1. The molecule has 2 bridgehead atoms. The van der Waals surface area contributed by atoms with Gasteiger partial charge in [-0.15, -0.1) is 0 Å². The van der Waals surface area contributed by atoms with E-state index < -0.39 is 10.8 Å². The predicted molar refractivity (Wildman–Crippen MR) is 107 cm³/mol. The number of piperidine rings is 1. The minimum Gasteiger partial charge on any atom is -0.278 e. The zero-order valence-electron chi connectivity index (χ0n) is 17.0. The molecule has 3 aliphatic rings. The van der Waals surface area contributed by atoms with Gasteiger partial charge in [0, 0.05) is 11.5 Å². The predicted octanol–water partition coefficient (Wildman–Crippen LogP) is 4.77. The van der Waals surface area contributed by atoms with Gasteiger partial charge in [-0.05, 0) is 43.6 Å². The summed E-state index contributed by atoms with van der Waals surface area (Å²) < 4.78 is 0. The summed E-state index contributed by atoms with van der Waals surface area (Å²) in [5.41, 5.74) is 0.123. The maximum Gasteiger partial charge on any atom is 0.236 e. The van der Waals surface area contributed by atoms with Crippen molar-refractivity contribution in [2.45, 2.75) is 65.8 Å². The normalized spacial score (nSPS) is 40.6. The quantitative estimate of drug-likeness (QED) is 0.572. The smallest absolute Gasteiger partial charge is 0.236 e. The van der Waals surface area contributed by atoms with Crippen LogP contribution in [0.2, 0.25) is 0 Å². The Morgan fingerprint density at radius 1 is 1.15 bits per heavy atom. The van der Waals surface area contributed by atoms with Gasteiger partial charge in [-0.2, -0.15) is 0 Å². The van der Waals surface area contributed by atoms with Gasteiger partial charge in [0.05, 0.1) is 10.8 Å². The number of likely N-dealkylation sites (tertiary alicyclic amines) is 1. The third kappa shape index (κ3) is 2.40. The average molecular weight is 366 g/mol. The van der Waals surface area contributed by atoms with Crippen LogP contribution in [0.5, 0.6) is 0 Å². The molecule has 27 heavy (non-hydrogen) atoms. The van der Waals surface area contributed by atoms with E-state index in [4.69, 9.17) is 0 Å². The van der Waals surface area contributed by atoms with E-state index in [0.29, 0.717) is 0 Å². The molecule has 1 aliphatic heterocycles. The Balaban J connectivity index is 1.70. The lowest BCUT2D eigenvalue weighted by Gasteiger charge is -2.41. The number of nitrogens with zero attached hydrogens (tertiary/aromatic N) is 1. The summed E-state index contributed by atoms with van der Waals surface area (Å²) in [5, 5.41) is 0. The second-order valence-electron chi connectivity index (χ2n) is 9.62. The SMILES string of the molecule is C[C@H]1C=CCC[C@]1(C)C(=O)N1C(=O)[C@]2(C)CC[C@H]1[C@]2(C)Cc1ccccc1. The van der Waals surface area contributed by atoms with E-state index in [1.807, 2.05) is 6.07 Å². The lowest BCUT2D eigenvalue weighted by Crippen LogP contribution is -2.52. The molecule has 1 saturated carbocycles. The molecule has 0 N–H and O–H groups in total. The van der Waals surface area contributed by atoms with Gasteiger partial charge in [0.2, 0.25) is 11.8 Å².